The highest BCUT2D eigenvalue weighted by Gasteiger charge is 2.08. The third-order valence-electron chi connectivity index (χ3n) is 2.61. The molecule has 20 heavy (non-hydrogen) atoms. The van der Waals surface area contributed by atoms with Gasteiger partial charge in [0.25, 0.3) is 0 Å². The van der Waals surface area contributed by atoms with E-state index in [1.54, 1.807) is 24.3 Å². The molecule has 2 aromatic rings. The van der Waals surface area contributed by atoms with Gasteiger partial charge in [0.15, 0.2) is 5.78 Å². The lowest BCUT2D eigenvalue weighted by Gasteiger charge is -2.03. The summed E-state index contributed by atoms with van der Waals surface area (Å²) in [6, 6.07) is 9.66. The Morgan fingerprint density at radius 3 is 2.45 bits per heavy atom. The van der Waals surface area contributed by atoms with Crippen LogP contribution in [0.5, 0.6) is 5.75 Å². The Kier molecular flexibility index (Phi) is 4.71. The number of carbonyl (C=O) groups excluding carboxylic acids is 1. The molecule has 0 atom stereocenters. The zero-order chi connectivity index (χ0) is 14.7. The van der Waals surface area contributed by atoms with E-state index < -0.39 is 0 Å². The zero-order valence-electron chi connectivity index (χ0n) is 10.1. The van der Waals surface area contributed by atoms with Gasteiger partial charge in [-0.1, -0.05) is 46.9 Å². The molecular weight excluding hydrogens is 319 g/mol. The van der Waals surface area contributed by atoms with Crippen LogP contribution in [0.25, 0.3) is 6.08 Å². The van der Waals surface area contributed by atoms with Crippen molar-refractivity contribution >= 4 is 46.7 Å². The monoisotopic (exact) mass is 326 g/mol. The minimum absolute atomic E-state index is 0.126. The van der Waals surface area contributed by atoms with Crippen molar-refractivity contribution in [2.75, 3.05) is 0 Å². The average molecular weight is 328 g/mol. The average Bonchev–Trinajstić information content (AvgIpc) is 2.41. The van der Waals surface area contributed by atoms with E-state index in [2.05, 4.69) is 0 Å². The Morgan fingerprint density at radius 1 is 1.05 bits per heavy atom. The van der Waals surface area contributed by atoms with Crippen molar-refractivity contribution in [3.05, 3.63) is 68.7 Å². The summed E-state index contributed by atoms with van der Waals surface area (Å²) in [5.41, 5.74) is 0.751. The number of allylic oxidation sites excluding steroid dienone is 1. The molecule has 5 heteroatoms. The Bertz CT molecular complexity index is 694. The molecule has 0 aliphatic carbocycles. The van der Waals surface area contributed by atoms with Gasteiger partial charge in [-0.3, -0.25) is 4.79 Å². The lowest BCUT2D eigenvalue weighted by atomic mass is 10.1. The summed E-state index contributed by atoms with van der Waals surface area (Å²) in [5.74, 6) is -0.398. The second kappa shape index (κ2) is 6.31. The molecule has 0 spiro atoms. The third-order valence-corrected chi connectivity index (χ3v) is 3.45. The van der Waals surface area contributed by atoms with Crippen molar-refractivity contribution in [1.29, 1.82) is 0 Å². The molecule has 0 aromatic heterocycles. The summed E-state index contributed by atoms with van der Waals surface area (Å²) < 4.78 is 0. The molecule has 102 valence electrons. The number of hydrogen-bond acceptors (Lipinski definition) is 2. The third kappa shape index (κ3) is 3.34. The number of benzene rings is 2. The van der Waals surface area contributed by atoms with Gasteiger partial charge in [-0.05, 0) is 36.4 Å². The topological polar surface area (TPSA) is 37.3 Å². The number of hydrogen-bond donors (Lipinski definition) is 1. The smallest absolute Gasteiger partial charge is 0.187 e. The van der Waals surface area contributed by atoms with E-state index in [1.807, 2.05) is 0 Å². The Balaban J connectivity index is 2.31. The molecule has 0 unspecified atom stereocenters. The van der Waals surface area contributed by atoms with Gasteiger partial charge >= 0.3 is 0 Å². The SMILES string of the molecule is O=C(/C=C\c1cc(Cl)cc(Cl)c1O)c1ccccc1Cl. The van der Waals surface area contributed by atoms with Crippen molar-refractivity contribution in [1.82, 2.24) is 0 Å². The van der Waals surface area contributed by atoms with Gasteiger partial charge in [0.2, 0.25) is 0 Å². The quantitative estimate of drug-likeness (QED) is 0.617. The van der Waals surface area contributed by atoms with E-state index in [0.717, 1.165) is 0 Å². The highest BCUT2D eigenvalue weighted by molar-refractivity contribution is 6.36. The largest absolute Gasteiger partial charge is 0.506 e. The lowest BCUT2D eigenvalue weighted by molar-refractivity contribution is 0.104. The molecule has 0 heterocycles. The first kappa shape index (κ1) is 14.9. The van der Waals surface area contributed by atoms with E-state index in [4.69, 9.17) is 34.8 Å². The molecule has 2 aromatic carbocycles. The molecule has 0 bridgehead atoms. The van der Waals surface area contributed by atoms with Crippen LogP contribution >= 0.6 is 34.8 Å². The first-order valence-electron chi connectivity index (χ1n) is 5.64. The molecule has 2 rings (SSSR count). The van der Waals surface area contributed by atoms with Crippen LogP contribution < -0.4 is 0 Å². The highest BCUT2D eigenvalue weighted by Crippen LogP contribution is 2.32. The molecule has 0 aliphatic rings. The Labute approximate surface area is 131 Å². The maximum atomic E-state index is 12.0. The number of phenolic OH excluding ortho intramolecular Hbond substituents is 1. The predicted molar refractivity (Wildman–Crippen MR) is 82.9 cm³/mol. The van der Waals surface area contributed by atoms with Crippen LogP contribution in [0.1, 0.15) is 15.9 Å². The molecule has 0 radical (unpaired) electrons. The molecule has 0 amide bonds. The number of ketones is 1. The maximum absolute atomic E-state index is 12.0. The summed E-state index contributed by atoms with van der Waals surface area (Å²) in [6.45, 7) is 0. The van der Waals surface area contributed by atoms with Gasteiger partial charge in [-0.2, -0.15) is 0 Å². The van der Waals surface area contributed by atoms with Gasteiger partial charge in [-0.15, -0.1) is 0 Å². The van der Waals surface area contributed by atoms with Gasteiger partial charge in [0, 0.05) is 16.1 Å². The van der Waals surface area contributed by atoms with Crippen molar-refractivity contribution in [2.45, 2.75) is 0 Å². The van der Waals surface area contributed by atoms with Crippen LogP contribution in [0, 0.1) is 0 Å². The summed E-state index contributed by atoms with van der Waals surface area (Å²) in [6.07, 6.45) is 2.75. The normalized spacial score (nSPS) is 10.9. The molecule has 0 saturated carbocycles. The van der Waals surface area contributed by atoms with Crippen molar-refractivity contribution in [3.63, 3.8) is 0 Å². The number of rotatable bonds is 3. The number of phenols is 1. The molecule has 1 N–H and O–H groups in total. The van der Waals surface area contributed by atoms with Gasteiger partial charge in [0.1, 0.15) is 5.75 Å². The Hall–Kier alpha value is -1.48. The fourth-order valence-corrected chi connectivity index (χ4v) is 2.37. The maximum Gasteiger partial charge on any atom is 0.187 e. The standard InChI is InChI=1S/C15H9Cl3O2/c16-10-7-9(15(20)13(18)8-10)5-6-14(19)11-3-1-2-4-12(11)17/h1-8,20H/b6-5-. The molecule has 0 aliphatic heterocycles. The molecule has 0 saturated heterocycles. The molecule has 2 nitrogen and oxygen atoms in total. The van der Waals surface area contributed by atoms with Crippen LogP contribution in [0.15, 0.2) is 42.5 Å². The summed E-state index contributed by atoms with van der Waals surface area (Å²) in [5, 5.41) is 10.7. The minimum atomic E-state index is -0.272. The van der Waals surface area contributed by atoms with Gasteiger partial charge in [0.05, 0.1) is 10.0 Å². The Morgan fingerprint density at radius 2 is 1.75 bits per heavy atom. The summed E-state index contributed by atoms with van der Waals surface area (Å²) in [4.78, 5) is 12.0. The van der Waals surface area contributed by atoms with Crippen LogP contribution in [0.3, 0.4) is 0 Å². The van der Waals surface area contributed by atoms with Crippen LogP contribution in [0.2, 0.25) is 15.1 Å². The van der Waals surface area contributed by atoms with Crippen molar-refractivity contribution in [3.8, 4) is 5.75 Å². The van der Waals surface area contributed by atoms with Gasteiger partial charge < -0.3 is 5.11 Å². The molecular formula is C15H9Cl3O2. The second-order valence-corrected chi connectivity index (χ2v) is 5.25. The van der Waals surface area contributed by atoms with Gasteiger partial charge in [-0.25, -0.2) is 0 Å². The van der Waals surface area contributed by atoms with Crippen LogP contribution in [0.4, 0.5) is 0 Å². The van der Waals surface area contributed by atoms with Crippen LogP contribution in [-0.2, 0) is 0 Å². The van der Waals surface area contributed by atoms with Crippen molar-refractivity contribution < 1.29 is 9.90 Å². The number of halogens is 3. The van der Waals surface area contributed by atoms with Crippen molar-refractivity contribution in [2.24, 2.45) is 0 Å². The fraction of sp³-hybridized carbons (Fsp3) is 0. The first-order valence-corrected chi connectivity index (χ1v) is 6.77. The lowest BCUT2D eigenvalue weighted by Crippen LogP contribution is -1.94. The number of carbonyl (C=O) groups is 1. The predicted octanol–water partition coefficient (Wildman–Crippen LogP) is 5.25. The second-order valence-electron chi connectivity index (χ2n) is 4.00. The number of aromatic hydroxyl groups is 1. The van der Waals surface area contributed by atoms with E-state index >= 15 is 0 Å². The minimum Gasteiger partial charge on any atom is -0.506 e. The van der Waals surface area contributed by atoms with Crippen LogP contribution in [-0.4, -0.2) is 10.9 Å². The van der Waals surface area contributed by atoms with E-state index in [1.165, 1.54) is 24.3 Å². The van der Waals surface area contributed by atoms with E-state index in [0.29, 0.717) is 21.2 Å². The fourth-order valence-electron chi connectivity index (χ4n) is 1.63. The first-order chi connectivity index (χ1) is 9.49. The van der Waals surface area contributed by atoms with E-state index in [-0.39, 0.29) is 16.6 Å². The summed E-state index contributed by atoms with van der Waals surface area (Å²) >= 11 is 17.6. The van der Waals surface area contributed by atoms with E-state index in [9.17, 15) is 9.90 Å². The highest BCUT2D eigenvalue weighted by atomic mass is 35.5. The molecule has 0 fully saturated rings. The summed E-state index contributed by atoms with van der Waals surface area (Å²) in [7, 11) is 0. The zero-order valence-corrected chi connectivity index (χ0v) is 12.4.